The number of halogens is 2. The van der Waals surface area contributed by atoms with Crippen LogP contribution in [0.3, 0.4) is 0 Å². The van der Waals surface area contributed by atoms with Crippen molar-refractivity contribution in [2.24, 2.45) is 4.99 Å². The van der Waals surface area contributed by atoms with Crippen molar-refractivity contribution < 1.29 is 4.74 Å². The summed E-state index contributed by atoms with van der Waals surface area (Å²) in [5.41, 5.74) is 3.33. The Morgan fingerprint density at radius 3 is 2.58 bits per heavy atom. The molecule has 0 saturated heterocycles. The molecule has 128 valence electrons. The maximum Gasteiger partial charge on any atom is 0.130 e. The zero-order valence-electron chi connectivity index (χ0n) is 14.4. The first kappa shape index (κ1) is 18.8. The zero-order chi connectivity index (χ0) is 17.7. The largest absolute Gasteiger partial charge is 0.496 e. The van der Waals surface area contributed by atoms with Crippen LogP contribution < -0.4 is 4.74 Å². The second kappa shape index (κ2) is 8.54. The van der Waals surface area contributed by atoms with Crippen LogP contribution in [0.5, 0.6) is 5.75 Å². The third-order valence-corrected chi connectivity index (χ3v) is 4.73. The van der Waals surface area contributed by atoms with Gasteiger partial charge in [-0.2, -0.15) is 0 Å². The van der Waals surface area contributed by atoms with Gasteiger partial charge < -0.3 is 9.64 Å². The number of amidine groups is 1. The molecule has 0 atom stereocenters. The molecule has 5 heteroatoms. The van der Waals surface area contributed by atoms with Gasteiger partial charge in [-0.3, -0.25) is 4.99 Å². The van der Waals surface area contributed by atoms with Crippen LogP contribution >= 0.6 is 27.5 Å². The van der Waals surface area contributed by atoms with Gasteiger partial charge in [0.25, 0.3) is 0 Å². The van der Waals surface area contributed by atoms with Gasteiger partial charge >= 0.3 is 0 Å². The summed E-state index contributed by atoms with van der Waals surface area (Å²) in [5.74, 6) is 1.82. The highest BCUT2D eigenvalue weighted by Crippen LogP contribution is 2.27. The van der Waals surface area contributed by atoms with Crippen molar-refractivity contribution in [1.82, 2.24) is 4.90 Å². The van der Waals surface area contributed by atoms with Crippen LogP contribution in [-0.4, -0.2) is 39.0 Å². The molecule has 2 aromatic carbocycles. The van der Waals surface area contributed by atoms with E-state index in [2.05, 4.69) is 33.1 Å². The fourth-order valence-electron chi connectivity index (χ4n) is 2.79. The SMILES string of the molecule is C/N=C(/c1cccc(Cl)c1CCc1cc(Br)ccc1OC)N(C)C. The Labute approximate surface area is 157 Å². The fraction of sp³-hybridized carbons (Fsp3) is 0.316. The summed E-state index contributed by atoms with van der Waals surface area (Å²) < 4.78 is 6.51. The molecular formula is C19H22BrClN2O. The summed E-state index contributed by atoms with van der Waals surface area (Å²) in [6.07, 6.45) is 1.65. The number of benzene rings is 2. The molecule has 0 heterocycles. The first-order chi connectivity index (χ1) is 11.5. The molecule has 0 radical (unpaired) electrons. The standard InChI is InChI=1S/C19H22BrClN2O/c1-22-19(23(2)3)16-6-5-7-17(21)15(16)10-8-13-12-14(20)9-11-18(13)24-4/h5-7,9,11-12H,8,10H2,1-4H3/b22-19-. The molecule has 0 bridgehead atoms. The summed E-state index contributed by atoms with van der Waals surface area (Å²) in [7, 11) is 7.48. The van der Waals surface area contributed by atoms with E-state index in [0.717, 1.165) is 50.6 Å². The minimum atomic E-state index is 0.768. The van der Waals surface area contributed by atoms with E-state index in [1.54, 1.807) is 14.2 Å². The molecular weight excluding hydrogens is 388 g/mol. The van der Waals surface area contributed by atoms with Crippen molar-refractivity contribution in [1.29, 1.82) is 0 Å². The first-order valence-electron chi connectivity index (χ1n) is 7.72. The summed E-state index contributed by atoms with van der Waals surface area (Å²) in [6, 6.07) is 12.0. The molecule has 0 aliphatic rings. The van der Waals surface area contributed by atoms with E-state index >= 15 is 0 Å². The fourth-order valence-corrected chi connectivity index (χ4v) is 3.46. The van der Waals surface area contributed by atoms with Crippen molar-refractivity contribution in [3.05, 3.63) is 62.6 Å². The van der Waals surface area contributed by atoms with Crippen molar-refractivity contribution in [2.75, 3.05) is 28.3 Å². The van der Waals surface area contributed by atoms with Gasteiger partial charge in [-0.15, -0.1) is 0 Å². The Kier molecular flexibility index (Phi) is 6.69. The number of methoxy groups -OCH3 is 1. The van der Waals surface area contributed by atoms with E-state index in [-0.39, 0.29) is 0 Å². The Morgan fingerprint density at radius 1 is 1.21 bits per heavy atom. The summed E-state index contributed by atoms with van der Waals surface area (Å²) in [4.78, 5) is 6.42. The molecule has 2 rings (SSSR count). The molecule has 3 nitrogen and oxygen atoms in total. The highest BCUT2D eigenvalue weighted by Gasteiger charge is 2.14. The van der Waals surface area contributed by atoms with Gasteiger partial charge in [0.2, 0.25) is 0 Å². The molecule has 24 heavy (non-hydrogen) atoms. The lowest BCUT2D eigenvalue weighted by molar-refractivity contribution is 0.409. The lowest BCUT2D eigenvalue weighted by Gasteiger charge is -2.19. The quantitative estimate of drug-likeness (QED) is 0.522. The maximum atomic E-state index is 6.49. The lowest BCUT2D eigenvalue weighted by atomic mass is 9.98. The predicted octanol–water partition coefficient (Wildman–Crippen LogP) is 4.83. The normalized spacial score (nSPS) is 11.5. The smallest absolute Gasteiger partial charge is 0.130 e. The van der Waals surface area contributed by atoms with Crippen LogP contribution in [0.4, 0.5) is 0 Å². The third-order valence-electron chi connectivity index (χ3n) is 3.88. The van der Waals surface area contributed by atoms with Gasteiger partial charge in [-0.1, -0.05) is 39.7 Å². The number of hydrogen-bond acceptors (Lipinski definition) is 2. The van der Waals surface area contributed by atoms with Crippen LogP contribution in [0.1, 0.15) is 16.7 Å². The lowest BCUT2D eigenvalue weighted by Crippen LogP contribution is -2.24. The Bertz CT molecular complexity index is 744. The minimum Gasteiger partial charge on any atom is -0.496 e. The molecule has 0 saturated carbocycles. The average molecular weight is 410 g/mol. The molecule has 0 spiro atoms. The van der Waals surface area contributed by atoms with E-state index in [1.165, 1.54) is 0 Å². The van der Waals surface area contributed by atoms with Crippen LogP contribution in [-0.2, 0) is 12.8 Å². The zero-order valence-corrected chi connectivity index (χ0v) is 16.8. The van der Waals surface area contributed by atoms with Crippen molar-refractivity contribution >= 4 is 33.4 Å². The topological polar surface area (TPSA) is 24.8 Å². The van der Waals surface area contributed by atoms with Crippen molar-refractivity contribution in [3.8, 4) is 5.75 Å². The number of hydrogen-bond donors (Lipinski definition) is 0. The molecule has 0 N–H and O–H groups in total. The summed E-state index contributed by atoms with van der Waals surface area (Å²) in [5, 5.41) is 0.768. The van der Waals surface area contributed by atoms with Gasteiger partial charge in [0.1, 0.15) is 11.6 Å². The minimum absolute atomic E-state index is 0.768. The van der Waals surface area contributed by atoms with Crippen molar-refractivity contribution in [3.63, 3.8) is 0 Å². The second-order valence-corrected chi connectivity index (χ2v) is 6.99. The molecule has 0 aliphatic heterocycles. The van der Waals surface area contributed by atoms with Crippen molar-refractivity contribution in [2.45, 2.75) is 12.8 Å². The molecule has 0 fully saturated rings. The summed E-state index contributed by atoms with van der Waals surface area (Å²) in [6.45, 7) is 0. The monoisotopic (exact) mass is 408 g/mol. The average Bonchev–Trinajstić information content (AvgIpc) is 2.54. The van der Waals surface area contributed by atoms with Gasteiger partial charge in [-0.25, -0.2) is 0 Å². The van der Waals surface area contributed by atoms with Crippen LogP contribution in [0.2, 0.25) is 5.02 Å². The molecule has 2 aromatic rings. The molecule has 0 aliphatic carbocycles. The Morgan fingerprint density at radius 2 is 1.96 bits per heavy atom. The number of nitrogens with zero attached hydrogens (tertiary/aromatic N) is 2. The number of aryl methyl sites for hydroxylation is 1. The van der Waals surface area contributed by atoms with Gasteiger partial charge in [0.05, 0.1) is 7.11 Å². The van der Waals surface area contributed by atoms with E-state index in [4.69, 9.17) is 16.3 Å². The van der Waals surface area contributed by atoms with E-state index in [9.17, 15) is 0 Å². The number of ether oxygens (including phenoxy) is 1. The third kappa shape index (κ3) is 4.31. The van der Waals surface area contributed by atoms with Gasteiger partial charge in [0.15, 0.2) is 0 Å². The maximum absolute atomic E-state index is 6.49. The summed E-state index contributed by atoms with van der Waals surface area (Å²) >= 11 is 10.0. The second-order valence-electron chi connectivity index (χ2n) is 5.66. The molecule has 0 amide bonds. The predicted molar refractivity (Wildman–Crippen MR) is 106 cm³/mol. The Balaban J connectivity index is 2.36. The number of aliphatic imine (C=N–C) groups is 1. The van der Waals surface area contributed by atoms with Crippen LogP contribution in [0, 0.1) is 0 Å². The van der Waals surface area contributed by atoms with Gasteiger partial charge in [0, 0.05) is 36.2 Å². The highest BCUT2D eigenvalue weighted by atomic mass is 79.9. The van der Waals surface area contributed by atoms with Gasteiger partial charge in [-0.05, 0) is 48.2 Å². The highest BCUT2D eigenvalue weighted by molar-refractivity contribution is 9.10. The molecule has 0 aromatic heterocycles. The van der Waals surface area contributed by atoms with Crippen LogP contribution in [0.15, 0.2) is 45.9 Å². The Hall–Kier alpha value is -1.52. The van der Waals surface area contributed by atoms with E-state index in [0.29, 0.717) is 0 Å². The molecule has 0 unspecified atom stereocenters. The van der Waals surface area contributed by atoms with E-state index in [1.807, 2.05) is 43.3 Å². The van der Waals surface area contributed by atoms with Crippen LogP contribution in [0.25, 0.3) is 0 Å². The first-order valence-corrected chi connectivity index (χ1v) is 8.89. The number of rotatable bonds is 5. The van der Waals surface area contributed by atoms with E-state index < -0.39 is 0 Å².